The lowest BCUT2D eigenvalue weighted by molar-refractivity contribution is 0.658. The van der Waals surface area contributed by atoms with Crippen LogP contribution in [0, 0.1) is 0 Å². The Kier molecular flexibility index (Phi) is 6.33. The number of nitrogens with zero attached hydrogens (tertiary/aromatic N) is 2. The molecule has 7 aromatic carbocycles. The van der Waals surface area contributed by atoms with E-state index >= 15 is 0 Å². The molecule has 2 aliphatic carbocycles. The van der Waals surface area contributed by atoms with Crippen molar-refractivity contribution in [1.29, 1.82) is 0 Å². The molecule has 0 atom stereocenters. The Labute approximate surface area is 309 Å². The van der Waals surface area contributed by atoms with E-state index in [0.29, 0.717) is 0 Å². The second kappa shape index (κ2) is 11.2. The van der Waals surface area contributed by atoms with Gasteiger partial charge in [0.15, 0.2) is 0 Å². The molecule has 2 aliphatic rings. The van der Waals surface area contributed by atoms with Crippen LogP contribution in [0.15, 0.2) is 170 Å². The summed E-state index contributed by atoms with van der Waals surface area (Å²) in [5, 5.41) is 5.04. The molecule has 248 valence electrons. The molecule has 0 amide bonds. The molecule has 2 nitrogen and oxygen atoms in total. The quantitative estimate of drug-likeness (QED) is 0.186. The predicted molar refractivity (Wildman–Crippen MR) is 221 cm³/mol. The minimum Gasteiger partial charge on any atom is -0.246 e. The van der Waals surface area contributed by atoms with Crippen molar-refractivity contribution in [2.24, 2.45) is 0 Å². The van der Waals surface area contributed by atoms with Gasteiger partial charge in [-0.25, -0.2) is 9.97 Å². The smallest absolute Gasteiger partial charge is 0.0937 e. The van der Waals surface area contributed by atoms with Gasteiger partial charge in [-0.1, -0.05) is 172 Å². The first-order valence-corrected chi connectivity index (χ1v) is 18.4. The first kappa shape index (κ1) is 30.0. The highest BCUT2D eigenvalue weighted by Gasteiger charge is 2.38. The zero-order valence-corrected chi connectivity index (χ0v) is 29.6. The summed E-state index contributed by atoms with van der Waals surface area (Å²) in [7, 11) is 0. The topological polar surface area (TPSA) is 25.8 Å². The number of hydrogen-bond donors (Lipinski definition) is 0. The van der Waals surface area contributed by atoms with E-state index in [0.717, 1.165) is 33.9 Å². The average molecular weight is 675 g/mol. The first-order chi connectivity index (χ1) is 26.1. The largest absolute Gasteiger partial charge is 0.246 e. The molecule has 0 unspecified atom stereocenters. The van der Waals surface area contributed by atoms with Crippen LogP contribution in [0.25, 0.3) is 100.0 Å². The van der Waals surface area contributed by atoms with Crippen LogP contribution in [0.4, 0.5) is 0 Å². The zero-order valence-electron chi connectivity index (χ0n) is 29.6. The summed E-state index contributed by atoms with van der Waals surface area (Å²) in [6.45, 7) is 4.58. The van der Waals surface area contributed by atoms with Crippen LogP contribution >= 0.6 is 0 Å². The number of pyridine rings is 2. The van der Waals surface area contributed by atoms with Gasteiger partial charge in [0, 0.05) is 16.5 Å². The van der Waals surface area contributed by atoms with E-state index < -0.39 is 0 Å². The van der Waals surface area contributed by atoms with Gasteiger partial charge in [0.2, 0.25) is 0 Å². The van der Waals surface area contributed by atoms with Crippen molar-refractivity contribution in [3.63, 3.8) is 0 Å². The Bertz CT molecular complexity index is 2850. The zero-order chi connectivity index (χ0) is 35.3. The molecule has 0 bridgehead atoms. The Morgan fingerprint density at radius 3 is 1.38 bits per heavy atom. The van der Waals surface area contributed by atoms with E-state index in [1.807, 2.05) is 6.07 Å². The summed E-state index contributed by atoms with van der Waals surface area (Å²) >= 11 is 0. The second-order valence-corrected chi connectivity index (χ2v) is 14.8. The summed E-state index contributed by atoms with van der Waals surface area (Å²) in [5.41, 5.74) is 18.6. The molecule has 53 heavy (non-hydrogen) atoms. The molecular weight excluding hydrogens is 641 g/mol. The van der Waals surface area contributed by atoms with Crippen LogP contribution in [-0.4, -0.2) is 9.97 Å². The van der Waals surface area contributed by atoms with Crippen LogP contribution in [0.5, 0.6) is 0 Å². The lowest BCUT2D eigenvalue weighted by atomic mass is 9.82. The van der Waals surface area contributed by atoms with E-state index in [9.17, 15) is 0 Å². The van der Waals surface area contributed by atoms with E-state index in [1.165, 1.54) is 77.2 Å². The number of benzene rings is 7. The Morgan fingerprint density at radius 1 is 0.340 bits per heavy atom. The second-order valence-electron chi connectivity index (χ2n) is 14.8. The number of rotatable bonds is 4. The van der Waals surface area contributed by atoms with E-state index in [1.54, 1.807) is 0 Å². The average Bonchev–Trinajstić information content (AvgIpc) is 3.66. The molecule has 2 heteroatoms. The van der Waals surface area contributed by atoms with E-state index in [4.69, 9.17) is 9.97 Å². The number of aromatic nitrogens is 2. The standard InChI is InChI=1S/C51H34N2/c1-51(2)40-27-29-42(31-15-6-3-7-16-31)52-49(40)50-41(51)28-30-43(53-50)34-25-26-39-46-35(34)23-14-24-38(46)47-44(32-17-8-4-9-18-32)36-21-12-13-22-37(36)45(48(39)47)33-19-10-5-11-20-33/h3-30H,1-2H3. The molecule has 0 radical (unpaired) electrons. The Balaban J connectivity index is 1.17. The minimum absolute atomic E-state index is 0.189. The molecule has 9 aromatic rings. The number of hydrogen-bond acceptors (Lipinski definition) is 2. The fourth-order valence-electron chi connectivity index (χ4n) is 9.19. The third-order valence-electron chi connectivity index (χ3n) is 11.6. The lowest BCUT2D eigenvalue weighted by Crippen LogP contribution is -2.15. The van der Waals surface area contributed by atoms with Crippen molar-refractivity contribution in [3.05, 3.63) is 181 Å². The fourth-order valence-corrected chi connectivity index (χ4v) is 9.19. The molecule has 0 aliphatic heterocycles. The minimum atomic E-state index is -0.189. The summed E-state index contributed by atoms with van der Waals surface area (Å²) in [6, 6.07) is 61.6. The summed E-state index contributed by atoms with van der Waals surface area (Å²) < 4.78 is 0. The molecule has 2 aromatic heterocycles. The van der Waals surface area contributed by atoms with E-state index in [-0.39, 0.29) is 5.41 Å². The molecule has 0 saturated heterocycles. The maximum absolute atomic E-state index is 5.49. The van der Waals surface area contributed by atoms with Crippen molar-refractivity contribution in [2.75, 3.05) is 0 Å². The van der Waals surface area contributed by atoms with Crippen molar-refractivity contribution in [1.82, 2.24) is 9.97 Å². The van der Waals surface area contributed by atoms with Crippen molar-refractivity contribution >= 4 is 21.5 Å². The third-order valence-corrected chi connectivity index (χ3v) is 11.6. The molecule has 0 saturated carbocycles. The monoisotopic (exact) mass is 674 g/mol. The highest BCUT2D eigenvalue weighted by atomic mass is 14.8. The van der Waals surface area contributed by atoms with Gasteiger partial charge < -0.3 is 0 Å². The van der Waals surface area contributed by atoms with Crippen LogP contribution in [0.2, 0.25) is 0 Å². The van der Waals surface area contributed by atoms with Gasteiger partial charge in [-0.15, -0.1) is 0 Å². The van der Waals surface area contributed by atoms with Crippen molar-refractivity contribution < 1.29 is 0 Å². The van der Waals surface area contributed by atoms with Gasteiger partial charge in [-0.3, -0.25) is 0 Å². The van der Waals surface area contributed by atoms with Crippen LogP contribution in [-0.2, 0) is 5.41 Å². The van der Waals surface area contributed by atoms with Crippen LogP contribution in [0.1, 0.15) is 25.0 Å². The SMILES string of the molecule is CC1(C)c2ccc(-c3ccccc3)nc2-c2nc(-c3ccc4c5c(cccc35)-c3c-4c(-c4ccccc4)c4ccccc4c3-c3ccccc3)ccc21. The van der Waals surface area contributed by atoms with Gasteiger partial charge in [0.1, 0.15) is 0 Å². The maximum atomic E-state index is 5.49. The van der Waals surface area contributed by atoms with E-state index in [2.05, 4.69) is 178 Å². The molecule has 0 fully saturated rings. The molecule has 0 spiro atoms. The Hall–Kier alpha value is -6.64. The lowest BCUT2D eigenvalue weighted by Gasteiger charge is -2.21. The molecule has 0 N–H and O–H groups in total. The molecule has 11 rings (SSSR count). The van der Waals surface area contributed by atoms with Gasteiger partial charge in [-0.05, 0) is 89.3 Å². The highest BCUT2D eigenvalue weighted by Crippen LogP contribution is 2.58. The van der Waals surface area contributed by atoms with Gasteiger partial charge in [0.25, 0.3) is 0 Å². The summed E-state index contributed by atoms with van der Waals surface area (Å²) in [5.74, 6) is 0. The third kappa shape index (κ3) is 4.27. The normalized spacial score (nSPS) is 13.2. The fraction of sp³-hybridized carbons (Fsp3) is 0.0588. The Morgan fingerprint density at radius 2 is 0.792 bits per heavy atom. The molecular formula is C51H34N2. The van der Waals surface area contributed by atoms with Gasteiger partial charge >= 0.3 is 0 Å². The summed E-state index contributed by atoms with van der Waals surface area (Å²) in [6.07, 6.45) is 0. The van der Waals surface area contributed by atoms with Crippen molar-refractivity contribution in [2.45, 2.75) is 19.3 Å². The summed E-state index contributed by atoms with van der Waals surface area (Å²) in [4.78, 5) is 10.8. The predicted octanol–water partition coefficient (Wildman–Crippen LogP) is 13.4. The van der Waals surface area contributed by atoms with Gasteiger partial charge in [0.05, 0.1) is 22.8 Å². The van der Waals surface area contributed by atoms with Gasteiger partial charge in [-0.2, -0.15) is 0 Å². The number of fused-ring (bicyclic) bond motifs is 7. The first-order valence-electron chi connectivity index (χ1n) is 18.4. The van der Waals surface area contributed by atoms with Crippen molar-refractivity contribution in [3.8, 4) is 78.4 Å². The highest BCUT2D eigenvalue weighted by molar-refractivity contribution is 6.28. The van der Waals surface area contributed by atoms with Crippen LogP contribution < -0.4 is 0 Å². The van der Waals surface area contributed by atoms with Crippen LogP contribution in [0.3, 0.4) is 0 Å². The maximum Gasteiger partial charge on any atom is 0.0937 e. The molecule has 2 heterocycles.